The summed E-state index contributed by atoms with van der Waals surface area (Å²) in [6.45, 7) is 4.03. The van der Waals surface area contributed by atoms with Crippen molar-refractivity contribution in [2.75, 3.05) is 5.73 Å². The van der Waals surface area contributed by atoms with Crippen molar-refractivity contribution in [3.05, 3.63) is 27.5 Å². The molecule has 2 aromatic heterocycles. The molecule has 3 nitrogen and oxygen atoms in total. The minimum Gasteiger partial charge on any atom is -0.477 e. The quantitative estimate of drug-likeness (QED) is 0.892. The van der Waals surface area contributed by atoms with Gasteiger partial charge in [0.05, 0.1) is 10.6 Å². The molecule has 2 aromatic rings. The van der Waals surface area contributed by atoms with Crippen molar-refractivity contribution in [3.63, 3.8) is 0 Å². The molecule has 3 N–H and O–H groups in total. The number of carboxylic acid groups (broad SMARTS) is 1. The van der Waals surface area contributed by atoms with Gasteiger partial charge in [0.15, 0.2) is 0 Å². The Hall–Kier alpha value is -1.33. The lowest BCUT2D eigenvalue weighted by Crippen LogP contribution is -1.99. The predicted molar refractivity (Wildman–Crippen MR) is 73.1 cm³/mol. The van der Waals surface area contributed by atoms with E-state index in [1.807, 2.05) is 26.0 Å². The maximum absolute atomic E-state index is 11.1. The van der Waals surface area contributed by atoms with Crippen LogP contribution in [0.1, 0.15) is 27.0 Å². The normalized spacial score (nSPS) is 10.7. The fourth-order valence-electron chi connectivity index (χ4n) is 1.74. The molecule has 0 aromatic carbocycles. The standard InChI is InChI=1S/C12H13NO2S2/c1-3-7-9(13)11(12(14)15)17-10(7)8-5-4-6(2)16-8/h4-5H,3,13H2,1-2H3,(H,14,15). The molecular formula is C12H13NO2S2. The van der Waals surface area contributed by atoms with Crippen molar-refractivity contribution in [1.29, 1.82) is 0 Å². The first-order chi connectivity index (χ1) is 8.04. The van der Waals surface area contributed by atoms with Crippen LogP contribution in [0.4, 0.5) is 5.69 Å². The second-order valence-electron chi connectivity index (χ2n) is 3.72. The number of aryl methyl sites for hydroxylation is 1. The minimum atomic E-state index is -0.943. The summed E-state index contributed by atoms with van der Waals surface area (Å²) in [6.07, 6.45) is 0.752. The van der Waals surface area contributed by atoms with Crippen LogP contribution in [0.15, 0.2) is 12.1 Å². The largest absolute Gasteiger partial charge is 0.477 e. The van der Waals surface area contributed by atoms with Crippen LogP contribution in [0.3, 0.4) is 0 Å². The summed E-state index contributed by atoms with van der Waals surface area (Å²) in [5, 5.41) is 9.08. The molecule has 0 fully saturated rings. The summed E-state index contributed by atoms with van der Waals surface area (Å²) < 4.78 is 0. The van der Waals surface area contributed by atoms with E-state index in [1.165, 1.54) is 16.2 Å². The predicted octanol–water partition coefficient (Wildman–Crippen LogP) is 3.63. The maximum Gasteiger partial charge on any atom is 0.348 e. The summed E-state index contributed by atoms with van der Waals surface area (Å²) in [7, 11) is 0. The highest BCUT2D eigenvalue weighted by Crippen LogP contribution is 2.41. The fraction of sp³-hybridized carbons (Fsp3) is 0.250. The van der Waals surface area contributed by atoms with Gasteiger partial charge >= 0.3 is 5.97 Å². The average Bonchev–Trinajstić information content (AvgIpc) is 2.82. The van der Waals surface area contributed by atoms with Crippen LogP contribution in [-0.4, -0.2) is 11.1 Å². The van der Waals surface area contributed by atoms with Gasteiger partial charge in [-0.05, 0) is 31.0 Å². The van der Waals surface area contributed by atoms with Gasteiger partial charge in [-0.25, -0.2) is 4.79 Å². The number of anilines is 1. The lowest BCUT2D eigenvalue weighted by molar-refractivity contribution is 0.0703. The Morgan fingerprint density at radius 3 is 2.59 bits per heavy atom. The SMILES string of the molecule is CCc1c(-c2ccc(C)s2)sc(C(=O)O)c1N. The van der Waals surface area contributed by atoms with Crippen LogP contribution in [0.2, 0.25) is 0 Å². The number of thiophene rings is 2. The van der Waals surface area contributed by atoms with Crippen LogP contribution in [-0.2, 0) is 6.42 Å². The van der Waals surface area contributed by atoms with E-state index in [0.29, 0.717) is 5.69 Å². The molecule has 0 saturated heterocycles. The topological polar surface area (TPSA) is 63.3 Å². The van der Waals surface area contributed by atoms with Crippen LogP contribution in [0, 0.1) is 6.92 Å². The summed E-state index contributed by atoms with van der Waals surface area (Å²) in [6, 6.07) is 4.06. The van der Waals surface area contributed by atoms with Crippen molar-refractivity contribution in [2.24, 2.45) is 0 Å². The first-order valence-electron chi connectivity index (χ1n) is 5.25. The van der Waals surface area contributed by atoms with Gasteiger partial charge in [0.2, 0.25) is 0 Å². The summed E-state index contributed by atoms with van der Waals surface area (Å²) in [5.74, 6) is -0.943. The van der Waals surface area contributed by atoms with E-state index in [4.69, 9.17) is 10.8 Å². The molecule has 2 heterocycles. The number of nitrogens with two attached hydrogens (primary N) is 1. The Bertz CT molecular complexity index is 569. The lowest BCUT2D eigenvalue weighted by Gasteiger charge is -1.99. The Morgan fingerprint density at radius 2 is 2.12 bits per heavy atom. The van der Waals surface area contributed by atoms with Gasteiger partial charge in [-0.1, -0.05) is 6.92 Å². The zero-order valence-corrected chi connectivity index (χ0v) is 11.2. The van der Waals surface area contributed by atoms with Gasteiger partial charge in [0.25, 0.3) is 0 Å². The highest BCUT2D eigenvalue weighted by molar-refractivity contribution is 7.23. The van der Waals surface area contributed by atoms with Crippen molar-refractivity contribution in [3.8, 4) is 9.75 Å². The third-order valence-corrected chi connectivity index (χ3v) is 4.98. The van der Waals surface area contributed by atoms with Crippen molar-refractivity contribution in [2.45, 2.75) is 20.3 Å². The average molecular weight is 267 g/mol. The fourth-order valence-corrected chi connectivity index (χ4v) is 3.90. The first-order valence-corrected chi connectivity index (χ1v) is 6.89. The molecule has 0 amide bonds. The number of carbonyl (C=O) groups is 1. The molecule has 0 atom stereocenters. The number of nitrogen functional groups attached to an aromatic ring is 1. The molecule has 17 heavy (non-hydrogen) atoms. The van der Waals surface area contributed by atoms with E-state index in [2.05, 4.69) is 0 Å². The lowest BCUT2D eigenvalue weighted by atomic mass is 10.1. The zero-order chi connectivity index (χ0) is 12.6. The van der Waals surface area contributed by atoms with Crippen molar-refractivity contribution < 1.29 is 9.90 Å². The number of carboxylic acids is 1. The Morgan fingerprint density at radius 1 is 1.41 bits per heavy atom. The zero-order valence-electron chi connectivity index (χ0n) is 9.61. The molecule has 90 valence electrons. The second kappa shape index (κ2) is 4.50. The molecule has 0 spiro atoms. The third kappa shape index (κ3) is 2.08. The number of hydrogen-bond donors (Lipinski definition) is 2. The van der Waals surface area contributed by atoms with Crippen LogP contribution in [0.25, 0.3) is 9.75 Å². The van der Waals surface area contributed by atoms with E-state index in [-0.39, 0.29) is 4.88 Å². The Kier molecular flexibility index (Phi) is 3.22. The summed E-state index contributed by atoms with van der Waals surface area (Å²) in [5.41, 5.74) is 7.27. The number of aromatic carboxylic acids is 1. The van der Waals surface area contributed by atoms with Gasteiger partial charge in [-0.2, -0.15) is 0 Å². The highest BCUT2D eigenvalue weighted by Gasteiger charge is 2.20. The van der Waals surface area contributed by atoms with Gasteiger partial charge < -0.3 is 10.8 Å². The van der Waals surface area contributed by atoms with E-state index >= 15 is 0 Å². The van der Waals surface area contributed by atoms with Crippen molar-refractivity contribution >= 4 is 34.3 Å². The molecule has 0 unspecified atom stereocenters. The minimum absolute atomic E-state index is 0.253. The summed E-state index contributed by atoms with van der Waals surface area (Å²) >= 11 is 2.94. The van der Waals surface area contributed by atoms with Crippen LogP contribution >= 0.6 is 22.7 Å². The first kappa shape index (κ1) is 12.1. The molecule has 0 aliphatic rings. The third-order valence-electron chi connectivity index (χ3n) is 2.56. The van der Waals surface area contributed by atoms with E-state index in [1.54, 1.807) is 11.3 Å². The van der Waals surface area contributed by atoms with E-state index in [0.717, 1.165) is 21.7 Å². The van der Waals surface area contributed by atoms with E-state index in [9.17, 15) is 4.79 Å². The molecular weight excluding hydrogens is 254 g/mol. The Labute approximate surface area is 108 Å². The molecule has 0 bridgehead atoms. The molecule has 2 rings (SSSR count). The van der Waals surface area contributed by atoms with Gasteiger partial charge in [0.1, 0.15) is 4.88 Å². The molecule has 0 saturated carbocycles. The monoisotopic (exact) mass is 267 g/mol. The second-order valence-corrected chi connectivity index (χ2v) is 6.03. The maximum atomic E-state index is 11.1. The van der Waals surface area contributed by atoms with E-state index < -0.39 is 5.97 Å². The molecule has 5 heteroatoms. The molecule has 0 aliphatic heterocycles. The number of rotatable bonds is 3. The number of hydrogen-bond acceptors (Lipinski definition) is 4. The smallest absolute Gasteiger partial charge is 0.348 e. The molecule has 0 aliphatic carbocycles. The van der Waals surface area contributed by atoms with Crippen LogP contribution in [0.5, 0.6) is 0 Å². The van der Waals surface area contributed by atoms with Gasteiger partial charge in [-0.3, -0.25) is 0 Å². The summed E-state index contributed by atoms with van der Waals surface area (Å²) in [4.78, 5) is 14.6. The van der Waals surface area contributed by atoms with Crippen LogP contribution < -0.4 is 5.73 Å². The van der Waals surface area contributed by atoms with Crippen molar-refractivity contribution in [1.82, 2.24) is 0 Å². The van der Waals surface area contributed by atoms with Gasteiger partial charge in [0, 0.05) is 9.75 Å². The molecule has 0 radical (unpaired) electrons. The van der Waals surface area contributed by atoms with Gasteiger partial charge in [-0.15, -0.1) is 22.7 Å². The highest BCUT2D eigenvalue weighted by atomic mass is 32.1. The Balaban J connectivity index is 2.61.